The van der Waals surface area contributed by atoms with Gasteiger partial charge in [-0.25, -0.2) is 13.1 Å². The molecule has 138 valence electrons. The lowest BCUT2D eigenvalue weighted by molar-refractivity contribution is 0.566. The van der Waals surface area contributed by atoms with E-state index in [2.05, 4.69) is 4.72 Å². The quantitative estimate of drug-likeness (QED) is 0.722. The van der Waals surface area contributed by atoms with E-state index < -0.39 is 10.0 Å². The van der Waals surface area contributed by atoms with Crippen molar-refractivity contribution < 1.29 is 8.42 Å². The number of nitrogens with zero attached hydrogens (tertiary/aromatic N) is 1. The summed E-state index contributed by atoms with van der Waals surface area (Å²) in [5.41, 5.74) is 3.90. The van der Waals surface area contributed by atoms with E-state index in [1.165, 1.54) is 0 Å². The van der Waals surface area contributed by atoms with Gasteiger partial charge in [-0.2, -0.15) is 0 Å². The Labute approximate surface area is 157 Å². The molecule has 1 heterocycles. The Hall–Kier alpha value is -1.96. The third kappa shape index (κ3) is 3.47. The maximum absolute atomic E-state index is 12.8. The molecule has 0 aliphatic heterocycles. The fourth-order valence-corrected chi connectivity index (χ4v) is 5.51. The first-order valence-electron chi connectivity index (χ1n) is 8.46. The molecular weight excluding hydrogens is 368 g/mol. The van der Waals surface area contributed by atoms with Crippen LogP contribution in [0.25, 0.3) is 10.2 Å². The van der Waals surface area contributed by atoms with Crippen molar-refractivity contribution in [2.75, 3.05) is 0 Å². The van der Waals surface area contributed by atoms with Crippen molar-refractivity contribution in [2.24, 2.45) is 0 Å². The lowest BCUT2D eigenvalue weighted by Crippen LogP contribution is -2.27. The summed E-state index contributed by atoms with van der Waals surface area (Å²) in [5, 5.41) is 0. The number of benzene rings is 2. The molecule has 0 aliphatic rings. The number of aryl methyl sites for hydroxylation is 3. The molecule has 2 aromatic carbocycles. The second-order valence-corrected chi connectivity index (χ2v) is 9.15. The van der Waals surface area contributed by atoms with E-state index in [1.807, 2.05) is 45.9 Å². The van der Waals surface area contributed by atoms with Crippen molar-refractivity contribution in [1.82, 2.24) is 9.29 Å². The fraction of sp³-hybridized carbons (Fsp3) is 0.316. The topological polar surface area (TPSA) is 68.2 Å². The van der Waals surface area contributed by atoms with Gasteiger partial charge in [0.2, 0.25) is 10.0 Å². The Morgan fingerprint density at radius 2 is 1.88 bits per heavy atom. The average molecular weight is 391 g/mol. The standard InChI is InChI=1S/C19H22N2O3S2/c1-5-21-17-9-7-15(11-18(17)25-19(21)22)26(23,24)20-14(4)16-8-6-12(2)10-13(16)3/h6-11,14,20H,5H2,1-4H3. The van der Waals surface area contributed by atoms with Gasteiger partial charge in [0, 0.05) is 12.6 Å². The Morgan fingerprint density at radius 3 is 2.54 bits per heavy atom. The second kappa shape index (κ2) is 6.98. The van der Waals surface area contributed by atoms with Crippen molar-refractivity contribution >= 4 is 31.6 Å². The molecule has 3 rings (SSSR count). The minimum atomic E-state index is -3.69. The first-order valence-corrected chi connectivity index (χ1v) is 10.8. The van der Waals surface area contributed by atoms with E-state index in [0.29, 0.717) is 11.2 Å². The first-order chi connectivity index (χ1) is 12.2. The molecule has 0 saturated carbocycles. The van der Waals surface area contributed by atoms with Crippen LogP contribution in [0.5, 0.6) is 0 Å². The van der Waals surface area contributed by atoms with Crippen LogP contribution in [-0.2, 0) is 16.6 Å². The lowest BCUT2D eigenvalue weighted by Gasteiger charge is -2.17. The van der Waals surface area contributed by atoms with Gasteiger partial charge in [0.05, 0.1) is 15.1 Å². The predicted molar refractivity (Wildman–Crippen MR) is 106 cm³/mol. The number of hydrogen-bond acceptors (Lipinski definition) is 4. The summed E-state index contributed by atoms with van der Waals surface area (Å²) in [6.45, 7) is 8.27. The van der Waals surface area contributed by atoms with Gasteiger partial charge < -0.3 is 0 Å². The Bertz CT molecular complexity index is 1130. The third-order valence-corrected chi connectivity index (χ3v) is 6.97. The van der Waals surface area contributed by atoms with Crippen LogP contribution in [0.4, 0.5) is 0 Å². The van der Waals surface area contributed by atoms with Gasteiger partial charge in [-0.05, 0) is 57.0 Å². The molecule has 1 atom stereocenters. The molecule has 5 nitrogen and oxygen atoms in total. The number of fused-ring (bicyclic) bond motifs is 1. The predicted octanol–water partition coefficient (Wildman–Crippen LogP) is 3.74. The Kier molecular flexibility index (Phi) is 5.05. The van der Waals surface area contributed by atoms with Crippen molar-refractivity contribution in [2.45, 2.75) is 45.2 Å². The van der Waals surface area contributed by atoms with Gasteiger partial charge in [0.25, 0.3) is 0 Å². The summed E-state index contributed by atoms with van der Waals surface area (Å²) in [6.07, 6.45) is 0. The summed E-state index contributed by atoms with van der Waals surface area (Å²) in [7, 11) is -3.69. The molecule has 0 spiro atoms. The van der Waals surface area contributed by atoms with Crippen LogP contribution in [0.1, 0.15) is 36.6 Å². The first kappa shape index (κ1) is 18.8. The molecular formula is C19H22N2O3S2. The number of nitrogens with one attached hydrogen (secondary N) is 1. The van der Waals surface area contributed by atoms with E-state index in [9.17, 15) is 13.2 Å². The zero-order valence-corrected chi connectivity index (χ0v) is 16.9. The van der Waals surface area contributed by atoms with E-state index in [0.717, 1.165) is 33.5 Å². The summed E-state index contributed by atoms with van der Waals surface area (Å²) >= 11 is 1.07. The molecule has 0 saturated heterocycles. The maximum atomic E-state index is 12.8. The molecule has 1 aromatic heterocycles. The van der Waals surface area contributed by atoms with Gasteiger partial charge >= 0.3 is 4.87 Å². The number of thiazole rings is 1. The normalized spacial score (nSPS) is 13.2. The van der Waals surface area contributed by atoms with Crippen LogP contribution in [0.2, 0.25) is 0 Å². The number of rotatable bonds is 5. The van der Waals surface area contributed by atoms with E-state index in [1.54, 1.807) is 22.8 Å². The lowest BCUT2D eigenvalue weighted by atomic mass is 10.0. The molecule has 0 bridgehead atoms. The molecule has 0 fully saturated rings. The number of aromatic nitrogens is 1. The van der Waals surface area contributed by atoms with Crippen molar-refractivity contribution in [3.05, 3.63) is 62.8 Å². The minimum absolute atomic E-state index is 0.0753. The monoisotopic (exact) mass is 390 g/mol. The molecule has 0 aliphatic carbocycles. The zero-order valence-electron chi connectivity index (χ0n) is 15.2. The highest BCUT2D eigenvalue weighted by molar-refractivity contribution is 7.89. The number of hydrogen-bond donors (Lipinski definition) is 1. The van der Waals surface area contributed by atoms with E-state index in [4.69, 9.17) is 0 Å². The van der Waals surface area contributed by atoms with Gasteiger partial charge in [-0.15, -0.1) is 0 Å². The Balaban J connectivity index is 1.95. The second-order valence-electron chi connectivity index (χ2n) is 6.44. The van der Waals surface area contributed by atoms with Crippen molar-refractivity contribution in [3.63, 3.8) is 0 Å². The highest BCUT2D eigenvalue weighted by Crippen LogP contribution is 2.24. The smallest absolute Gasteiger partial charge is 0.299 e. The SMILES string of the molecule is CCn1c(=O)sc2cc(S(=O)(=O)NC(C)c3ccc(C)cc3C)ccc21. The molecule has 0 amide bonds. The highest BCUT2D eigenvalue weighted by atomic mass is 32.2. The van der Waals surface area contributed by atoms with E-state index in [-0.39, 0.29) is 15.8 Å². The van der Waals surface area contributed by atoms with Gasteiger partial charge in [0.1, 0.15) is 0 Å². The summed E-state index contributed by atoms with van der Waals surface area (Å²) in [4.78, 5) is 12.1. The van der Waals surface area contributed by atoms with Gasteiger partial charge in [-0.1, -0.05) is 35.1 Å². The zero-order chi connectivity index (χ0) is 19.1. The third-order valence-electron chi connectivity index (χ3n) is 4.49. The maximum Gasteiger partial charge on any atom is 0.308 e. The largest absolute Gasteiger partial charge is 0.308 e. The van der Waals surface area contributed by atoms with Crippen LogP contribution < -0.4 is 9.60 Å². The molecule has 1 N–H and O–H groups in total. The minimum Gasteiger partial charge on any atom is -0.299 e. The molecule has 1 unspecified atom stereocenters. The average Bonchev–Trinajstić information content (AvgIpc) is 2.88. The van der Waals surface area contributed by atoms with Crippen molar-refractivity contribution in [3.8, 4) is 0 Å². The molecule has 26 heavy (non-hydrogen) atoms. The molecule has 3 aromatic rings. The highest BCUT2D eigenvalue weighted by Gasteiger charge is 2.20. The van der Waals surface area contributed by atoms with Crippen LogP contribution in [0.15, 0.2) is 46.1 Å². The van der Waals surface area contributed by atoms with Crippen LogP contribution in [-0.4, -0.2) is 13.0 Å². The van der Waals surface area contributed by atoms with E-state index >= 15 is 0 Å². The Morgan fingerprint density at radius 1 is 1.15 bits per heavy atom. The number of sulfonamides is 1. The van der Waals surface area contributed by atoms with Crippen molar-refractivity contribution in [1.29, 1.82) is 0 Å². The fourth-order valence-electron chi connectivity index (χ4n) is 3.19. The van der Waals surface area contributed by atoms with Crippen LogP contribution in [0.3, 0.4) is 0 Å². The molecule has 7 heteroatoms. The van der Waals surface area contributed by atoms with Gasteiger partial charge in [0.15, 0.2) is 0 Å². The molecule has 0 radical (unpaired) electrons. The van der Waals surface area contributed by atoms with Gasteiger partial charge in [-0.3, -0.25) is 9.36 Å². The van der Waals surface area contributed by atoms with Crippen LogP contribution >= 0.6 is 11.3 Å². The summed E-state index contributed by atoms with van der Waals surface area (Å²) in [6, 6.07) is 10.4. The van der Waals surface area contributed by atoms with Crippen LogP contribution in [0, 0.1) is 13.8 Å². The summed E-state index contributed by atoms with van der Waals surface area (Å²) in [5.74, 6) is 0. The summed E-state index contributed by atoms with van der Waals surface area (Å²) < 4.78 is 30.7.